The molecule has 0 aromatic heterocycles. The summed E-state index contributed by atoms with van der Waals surface area (Å²) in [5.41, 5.74) is 2.38. The van der Waals surface area contributed by atoms with Crippen LogP contribution in [0.3, 0.4) is 0 Å². The summed E-state index contributed by atoms with van der Waals surface area (Å²) in [6.07, 6.45) is 5.58. The van der Waals surface area contributed by atoms with E-state index in [2.05, 4.69) is 30.4 Å². The summed E-state index contributed by atoms with van der Waals surface area (Å²) in [4.78, 5) is 14.7. The maximum Gasteiger partial charge on any atom is 0.260 e. The van der Waals surface area contributed by atoms with E-state index < -0.39 is 6.10 Å². The molecule has 1 aliphatic rings. The van der Waals surface area contributed by atoms with Crippen LogP contribution in [0.4, 0.5) is 0 Å². The fourth-order valence-corrected chi connectivity index (χ4v) is 3.65. The van der Waals surface area contributed by atoms with Crippen molar-refractivity contribution in [1.82, 2.24) is 10.2 Å². The molecule has 1 N–H and O–H groups in total. The Morgan fingerprint density at radius 3 is 2.29 bits per heavy atom. The molecule has 1 fully saturated rings. The number of amides is 1. The molecule has 4 heteroatoms. The smallest absolute Gasteiger partial charge is 0.260 e. The normalized spacial score (nSPS) is 18.2. The number of carbonyl (C=O) groups excluding carboxylic acids is 1. The van der Waals surface area contributed by atoms with Gasteiger partial charge in [0.15, 0.2) is 6.10 Å². The molecule has 1 aliphatic carbocycles. The van der Waals surface area contributed by atoms with E-state index in [9.17, 15) is 4.79 Å². The van der Waals surface area contributed by atoms with Gasteiger partial charge in [-0.3, -0.25) is 4.79 Å². The molecule has 1 saturated carbocycles. The van der Waals surface area contributed by atoms with Gasteiger partial charge in [-0.1, -0.05) is 25.3 Å². The predicted octanol–water partition coefficient (Wildman–Crippen LogP) is 3.45. The highest BCUT2D eigenvalue weighted by atomic mass is 16.5. The second-order valence-electron chi connectivity index (χ2n) is 7.48. The van der Waals surface area contributed by atoms with E-state index in [4.69, 9.17) is 4.74 Å². The van der Waals surface area contributed by atoms with Crippen LogP contribution in [-0.4, -0.2) is 43.1 Å². The van der Waals surface area contributed by atoms with Crippen LogP contribution >= 0.6 is 0 Å². The number of likely N-dealkylation sites (N-methyl/N-ethyl adjacent to an activating group) is 1. The van der Waals surface area contributed by atoms with Gasteiger partial charge in [0.1, 0.15) is 5.75 Å². The largest absolute Gasteiger partial charge is 0.481 e. The second-order valence-corrected chi connectivity index (χ2v) is 7.48. The highest BCUT2D eigenvalue weighted by Gasteiger charge is 2.34. The van der Waals surface area contributed by atoms with Gasteiger partial charge in [-0.2, -0.15) is 0 Å². The first-order valence-electron chi connectivity index (χ1n) is 9.02. The molecule has 0 heterocycles. The van der Waals surface area contributed by atoms with Crippen molar-refractivity contribution >= 4 is 5.91 Å². The molecular weight excluding hydrogens is 300 g/mol. The molecule has 0 spiro atoms. The van der Waals surface area contributed by atoms with Crippen molar-refractivity contribution in [2.24, 2.45) is 0 Å². The average Bonchev–Trinajstić information content (AvgIpc) is 2.52. The van der Waals surface area contributed by atoms with E-state index in [0.717, 1.165) is 29.7 Å². The molecule has 0 aliphatic heterocycles. The number of carbonyl (C=O) groups is 1. The van der Waals surface area contributed by atoms with Crippen LogP contribution in [0.5, 0.6) is 5.75 Å². The van der Waals surface area contributed by atoms with Crippen molar-refractivity contribution in [3.8, 4) is 5.75 Å². The van der Waals surface area contributed by atoms with Crippen LogP contribution in [0, 0.1) is 13.8 Å². The van der Waals surface area contributed by atoms with Gasteiger partial charge in [0, 0.05) is 12.1 Å². The summed E-state index contributed by atoms with van der Waals surface area (Å²) >= 11 is 0. The Hall–Kier alpha value is -1.55. The summed E-state index contributed by atoms with van der Waals surface area (Å²) in [7, 11) is 4.24. The van der Waals surface area contributed by atoms with Gasteiger partial charge >= 0.3 is 0 Å². The molecule has 0 saturated heterocycles. The third-order valence-electron chi connectivity index (χ3n) is 5.20. The minimum Gasteiger partial charge on any atom is -0.481 e. The number of hydrogen-bond donors (Lipinski definition) is 1. The zero-order valence-electron chi connectivity index (χ0n) is 15.8. The minimum atomic E-state index is -0.492. The summed E-state index contributed by atoms with van der Waals surface area (Å²) in [5.74, 6) is 0.719. The fraction of sp³-hybridized carbons (Fsp3) is 0.650. The molecule has 24 heavy (non-hydrogen) atoms. The van der Waals surface area contributed by atoms with E-state index in [1.54, 1.807) is 0 Å². The van der Waals surface area contributed by atoms with Crippen molar-refractivity contribution in [3.63, 3.8) is 0 Å². The molecule has 2 rings (SSSR count). The fourth-order valence-electron chi connectivity index (χ4n) is 3.65. The Labute approximate surface area is 146 Å². The highest BCUT2D eigenvalue weighted by Crippen LogP contribution is 2.31. The SMILES string of the molecule is Cc1cc(C)cc(O[C@@H](C)C(=O)NCC2(N(C)C)CCCCC2)c1. The number of rotatable bonds is 6. The average molecular weight is 332 g/mol. The van der Waals surface area contributed by atoms with E-state index in [1.165, 1.54) is 19.3 Å². The molecule has 1 aromatic rings. The van der Waals surface area contributed by atoms with Gasteiger partial charge in [0.25, 0.3) is 5.91 Å². The zero-order valence-corrected chi connectivity index (χ0v) is 15.8. The summed E-state index contributed by atoms with van der Waals surface area (Å²) in [5, 5.41) is 3.12. The maximum atomic E-state index is 12.5. The lowest BCUT2D eigenvalue weighted by molar-refractivity contribution is -0.128. The van der Waals surface area contributed by atoms with Gasteiger partial charge in [-0.15, -0.1) is 0 Å². The molecule has 0 bridgehead atoms. The van der Waals surface area contributed by atoms with E-state index in [1.807, 2.05) is 32.9 Å². The van der Waals surface area contributed by atoms with Crippen LogP contribution in [0.15, 0.2) is 18.2 Å². The third kappa shape index (κ3) is 4.73. The van der Waals surface area contributed by atoms with Crippen molar-refractivity contribution in [1.29, 1.82) is 0 Å². The number of aryl methyl sites for hydroxylation is 2. The lowest BCUT2D eigenvalue weighted by Crippen LogP contribution is -2.55. The molecule has 1 aromatic carbocycles. The standard InChI is InChI=1S/C20H32N2O2/c1-15-11-16(2)13-18(12-15)24-17(3)19(23)21-14-20(22(4)5)9-7-6-8-10-20/h11-13,17H,6-10,14H2,1-5H3,(H,21,23)/t17-/m0/s1. The van der Waals surface area contributed by atoms with Crippen molar-refractivity contribution in [2.75, 3.05) is 20.6 Å². The van der Waals surface area contributed by atoms with E-state index >= 15 is 0 Å². The van der Waals surface area contributed by atoms with Crippen LogP contribution in [0.1, 0.15) is 50.2 Å². The van der Waals surface area contributed by atoms with Crippen molar-refractivity contribution in [3.05, 3.63) is 29.3 Å². The van der Waals surface area contributed by atoms with Crippen LogP contribution in [0.25, 0.3) is 0 Å². The molecular formula is C20H32N2O2. The Morgan fingerprint density at radius 2 is 1.75 bits per heavy atom. The number of ether oxygens (including phenoxy) is 1. The summed E-state index contributed by atoms with van der Waals surface area (Å²) in [6, 6.07) is 6.04. The quantitative estimate of drug-likeness (QED) is 0.867. The molecule has 4 nitrogen and oxygen atoms in total. The Bertz CT molecular complexity index is 543. The van der Waals surface area contributed by atoms with Crippen molar-refractivity contribution < 1.29 is 9.53 Å². The van der Waals surface area contributed by atoms with Gasteiger partial charge in [0.05, 0.1) is 0 Å². The summed E-state index contributed by atoms with van der Waals surface area (Å²) in [6.45, 7) is 6.58. The number of benzene rings is 1. The molecule has 134 valence electrons. The third-order valence-corrected chi connectivity index (χ3v) is 5.20. The lowest BCUT2D eigenvalue weighted by Gasteiger charge is -2.43. The van der Waals surface area contributed by atoms with E-state index in [-0.39, 0.29) is 11.4 Å². The van der Waals surface area contributed by atoms with Gasteiger partial charge in [0.2, 0.25) is 0 Å². The Balaban J connectivity index is 1.93. The van der Waals surface area contributed by atoms with Crippen LogP contribution < -0.4 is 10.1 Å². The number of nitrogens with zero attached hydrogens (tertiary/aromatic N) is 1. The first-order chi connectivity index (χ1) is 11.3. The Kier molecular flexibility index (Phi) is 6.27. The molecule has 0 unspecified atom stereocenters. The number of nitrogens with one attached hydrogen (secondary N) is 1. The molecule has 1 amide bonds. The Morgan fingerprint density at radius 1 is 1.17 bits per heavy atom. The second kappa shape index (κ2) is 8.02. The first-order valence-corrected chi connectivity index (χ1v) is 9.02. The van der Waals surface area contributed by atoms with Gasteiger partial charge in [-0.25, -0.2) is 0 Å². The van der Waals surface area contributed by atoms with E-state index in [0.29, 0.717) is 6.54 Å². The minimum absolute atomic E-state index is 0.0408. The maximum absolute atomic E-state index is 12.5. The lowest BCUT2D eigenvalue weighted by atomic mass is 9.80. The monoisotopic (exact) mass is 332 g/mol. The first kappa shape index (κ1) is 18.8. The van der Waals surface area contributed by atoms with Crippen LogP contribution in [0.2, 0.25) is 0 Å². The predicted molar refractivity (Wildman–Crippen MR) is 98.5 cm³/mol. The zero-order chi connectivity index (χ0) is 17.7. The van der Waals surface area contributed by atoms with Crippen molar-refractivity contribution in [2.45, 2.75) is 64.5 Å². The molecule has 0 radical (unpaired) electrons. The highest BCUT2D eigenvalue weighted by molar-refractivity contribution is 5.80. The van der Waals surface area contributed by atoms with Gasteiger partial charge < -0.3 is 15.0 Å². The molecule has 1 atom stereocenters. The van der Waals surface area contributed by atoms with Crippen LogP contribution in [-0.2, 0) is 4.79 Å². The summed E-state index contributed by atoms with van der Waals surface area (Å²) < 4.78 is 5.85. The van der Waals surface area contributed by atoms with Gasteiger partial charge in [-0.05, 0) is 71.0 Å². The topological polar surface area (TPSA) is 41.6 Å². The number of hydrogen-bond acceptors (Lipinski definition) is 3.